The van der Waals surface area contributed by atoms with E-state index in [1.165, 1.54) is 26.2 Å². The Labute approximate surface area is 170 Å². The molecule has 29 heavy (non-hydrogen) atoms. The highest BCUT2D eigenvalue weighted by atomic mass is 32.2. The van der Waals surface area contributed by atoms with E-state index < -0.39 is 34.5 Å². The summed E-state index contributed by atoms with van der Waals surface area (Å²) < 4.78 is 37.0. The number of carbonyl (C=O) groups is 2. The van der Waals surface area contributed by atoms with E-state index in [9.17, 15) is 18.0 Å². The molecule has 2 aromatic rings. The van der Waals surface area contributed by atoms with E-state index in [1.54, 1.807) is 37.3 Å². The largest absolute Gasteiger partial charge is 0.495 e. The number of nitrogens with one attached hydrogen (secondary N) is 2. The summed E-state index contributed by atoms with van der Waals surface area (Å²) in [6, 6.07) is 11.4. The smallest absolute Gasteiger partial charge is 0.321 e. The fraction of sp³-hybridized carbons (Fsp3) is 0.300. The third kappa shape index (κ3) is 6.03. The first-order valence-corrected chi connectivity index (χ1v) is 10.3. The second-order valence-corrected chi connectivity index (χ2v) is 8.16. The first-order chi connectivity index (χ1) is 13.6. The van der Waals surface area contributed by atoms with Crippen molar-refractivity contribution in [3.63, 3.8) is 0 Å². The van der Waals surface area contributed by atoms with Gasteiger partial charge in [0.25, 0.3) is 5.91 Å². The van der Waals surface area contributed by atoms with Crippen LogP contribution >= 0.6 is 0 Å². The zero-order valence-electron chi connectivity index (χ0n) is 16.7. The van der Waals surface area contributed by atoms with Gasteiger partial charge in [0.15, 0.2) is 6.10 Å². The Bertz CT molecular complexity index is 1000. The molecular weight excluding hydrogens is 396 g/mol. The summed E-state index contributed by atoms with van der Waals surface area (Å²) in [6.45, 7) is 4.46. The van der Waals surface area contributed by atoms with Gasteiger partial charge in [-0.3, -0.25) is 9.59 Å². The molecule has 0 radical (unpaired) electrons. The van der Waals surface area contributed by atoms with Gasteiger partial charge in [-0.05, 0) is 56.2 Å². The molecular formula is C20H24N2O6S. The molecule has 0 spiro atoms. The van der Waals surface area contributed by atoms with E-state index >= 15 is 0 Å². The fourth-order valence-electron chi connectivity index (χ4n) is 2.39. The number of benzene rings is 2. The second-order valence-electron chi connectivity index (χ2n) is 6.39. The number of para-hydroxylation sites is 2. The summed E-state index contributed by atoms with van der Waals surface area (Å²) in [6.07, 6.45) is -1.13. The van der Waals surface area contributed by atoms with E-state index in [2.05, 4.69) is 10.0 Å². The summed E-state index contributed by atoms with van der Waals surface area (Å²) in [5.74, 6) is -0.986. The van der Waals surface area contributed by atoms with E-state index in [0.29, 0.717) is 11.4 Å². The average molecular weight is 420 g/mol. The molecule has 0 aliphatic carbocycles. The van der Waals surface area contributed by atoms with Crippen molar-refractivity contribution >= 4 is 27.6 Å². The van der Waals surface area contributed by atoms with Gasteiger partial charge in [-0.2, -0.15) is 4.72 Å². The number of anilines is 1. The predicted octanol–water partition coefficient (Wildman–Crippen LogP) is 2.16. The highest BCUT2D eigenvalue weighted by Crippen LogP contribution is 2.23. The first kappa shape index (κ1) is 22.4. The molecule has 0 saturated carbocycles. The van der Waals surface area contributed by atoms with Crippen LogP contribution in [-0.2, 0) is 24.3 Å². The topological polar surface area (TPSA) is 111 Å². The van der Waals surface area contributed by atoms with E-state index in [1.807, 2.05) is 6.92 Å². The zero-order chi connectivity index (χ0) is 21.6. The Morgan fingerprint density at radius 1 is 1.07 bits per heavy atom. The molecule has 0 aromatic heterocycles. The van der Waals surface area contributed by atoms with Crippen LogP contribution in [0.4, 0.5) is 5.69 Å². The summed E-state index contributed by atoms with van der Waals surface area (Å²) in [5, 5.41) is 2.60. The molecule has 0 aliphatic rings. The SMILES string of the molecule is COc1ccccc1NC(=O)C(C)OC(=O)CNS(=O)(=O)c1ccc(C)c(C)c1. The van der Waals surface area contributed by atoms with Gasteiger partial charge in [-0.25, -0.2) is 8.42 Å². The number of carbonyl (C=O) groups excluding carboxylic acids is 2. The maximum Gasteiger partial charge on any atom is 0.321 e. The van der Waals surface area contributed by atoms with Crippen LogP contribution in [0.1, 0.15) is 18.1 Å². The van der Waals surface area contributed by atoms with Crippen molar-refractivity contribution in [2.75, 3.05) is 19.0 Å². The molecule has 1 atom stereocenters. The van der Waals surface area contributed by atoms with Gasteiger partial charge in [0.1, 0.15) is 12.3 Å². The number of methoxy groups -OCH3 is 1. The van der Waals surface area contributed by atoms with Crippen molar-refractivity contribution in [3.05, 3.63) is 53.6 Å². The highest BCUT2D eigenvalue weighted by molar-refractivity contribution is 7.89. The van der Waals surface area contributed by atoms with Gasteiger partial charge in [0.05, 0.1) is 17.7 Å². The molecule has 8 nitrogen and oxygen atoms in total. The van der Waals surface area contributed by atoms with Gasteiger partial charge in [-0.15, -0.1) is 0 Å². The van der Waals surface area contributed by atoms with Gasteiger partial charge in [0.2, 0.25) is 10.0 Å². The number of aryl methyl sites for hydroxylation is 2. The maximum atomic E-state index is 12.3. The molecule has 1 amide bonds. The minimum atomic E-state index is -3.88. The number of sulfonamides is 1. The van der Waals surface area contributed by atoms with Crippen LogP contribution in [-0.4, -0.2) is 40.1 Å². The molecule has 2 aromatic carbocycles. The summed E-state index contributed by atoms with van der Waals surface area (Å²) >= 11 is 0. The van der Waals surface area contributed by atoms with Crippen molar-refractivity contribution in [1.82, 2.24) is 4.72 Å². The quantitative estimate of drug-likeness (QED) is 0.633. The normalized spacial score (nSPS) is 12.1. The standard InChI is InChI=1S/C20H24N2O6S/c1-13-9-10-16(11-14(13)2)29(25,26)21-12-19(23)28-15(3)20(24)22-17-7-5-6-8-18(17)27-4/h5-11,15,21H,12H2,1-4H3,(H,22,24). The number of amides is 1. The minimum Gasteiger partial charge on any atom is -0.495 e. The van der Waals surface area contributed by atoms with Crippen molar-refractivity contribution in [1.29, 1.82) is 0 Å². The summed E-state index contributed by atoms with van der Waals surface area (Å²) in [4.78, 5) is 24.3. The highest BCUT2D eigenvalue weighted by Gasteiger charge is 2.21. The molecule has 0 aliphatic heterocycles. The molecule has 0 heterocycles. The lowest BCUT2D eigenvalue weighted by Crippen LogP contribution is -2.35. The van der Waals surface area contributed by atoms with Gasteiger partial charge >= 0.3 is 5.97 Å². The molecule has 0 saturated heterocycles. The zero-order valence-corrected chi connectivity index (χ0v) is 17.5. The lowest BCUT2D eigenvalue weighted by molar-refractivity contribution is -0.151. The molecule has 156 valence electrons. The number of hydrogen-bond donors (Lipinski definition) is 2. The van der Waals surface area contributed by atoms with E-state index in [4.69, 9.17) is 9.47 Å². The van der Waals surface area contributed by atoms with Crippen molar-refractivity contribution in [3.8, 4) is 5.75 Å². The molecule has 0 fully saturated rings. The van der Waals surface area contributed by atoms with Crippen molar-refractivity contribution in [2.45, 2.75) is 31.8 Å². The Hall–Kier alpha value is -2.91. The summed E-state index contributed by atoms with van der Waals surface area (Å²) in [5.41, 5.74) is 2.20. The molecule has 2 rings (SSSR count). The number of rotatable bonds is 8. The second kappa shape index (κ2) is 9.53. The first-order valence-electron chi connectivity index (χ1n) is 8.84. The van der Waals surface area contributed by atoms with Crippen LogP contribution in [0.15, 0.2) is 47.4 Å². The number of esters is 1. The number of ether oxygens (including phenoxy) is 2. The lowest BCUT2D eigenvalue weighted by atomic mass is 10.1. The van der Waals surface area contributed by atoms with Crippen LogP contribution in [0.5, 0.6) is 5.75 Å². The Balaban J connectivity index is 1.92. The molecule has 9 heteroatoms. The van der Waals surface area contributed by atoms with Gasteiger partial charge in [-0.1, -0.05) is 18.2 Å². The monoisotopic (exact) mass is 420 g/mol. The van der Waals surface area contributed by atoms with E-state index in [-0.39, 0.29) is 4.90 Å². The average Bonchev–Trinajstić information content (AvgIpc) is 2.68. The fourth-order valence-corrected chi connectivity index (χ4v) is 3.45. The van der Waals surface area contributed by atoms with Gasteiger partial charge < -0.3 is 14.8 Å². The number of hydrogen-bond acceptors (Lipinski definition) is 6. The van der Waals surface area contributed by atoms with Crippen LogP contribution in [0.3, 0.4) is 0 Å². The summed E-state index contributed by atoms with van der Waals surface area (Å²) in [7, 11) is -2.41. The van der Waals surface area contributed by atoms with Gasteiger partial charge in [0, 0.05) is 0 Å². The van der Waals surface area contributed by atoms with Crippen LogP contribution in [0.2, 0.25) is 0 Å². The molecule has 0 bridgehead atoms. The van der Waals surface area contributed by atoms with Crippen molar-refractivity contribution in [2.24, 2.45) is 0 Å². The van der Waals surface area contributed by atoms with Crippen LogP contribution in [0, 0.1) is 13.8 Å². The Kier molecular flexibility index (Phi) is 7.35. The van der Waals surface area contributed by atoms with Crippen molar-refractivity contribution < 1.29 is 27.5 Å². The Morgan fingerprint density at radius 3 is 2.41 bits per heavy atom. The van der Waals surface area contributed by atoms with E-state index in [0.717, 1.165) is 11.1 Å². The third-order valence-electron chi connectivity index (χ3n) is 4.24. The van der Waals surface area contributed by atoms with Crippen LogP contribution < -0.4 is 14.8 Å². The maximum absolute atomic E-state index is 12.3. The predicted molar refractivity (Wildman–Crippen MR) is 108 cm³/mol. The molecule has 2 N–H and O–H groups in total. The lowest BCUT2D eigenvalue weighted by Gasteiger charge is -2.15. The third-order valence-corrected chi connectivity index (χ3v) is 5.64. The Morgan fingerprint density at radius 2 is 1.76 bits per heavy atom. The minimum absolute atomic E-state index is 0.0513. The molecule has 1 unspecified atom stereocenters. The van der Waals surface area contributed by atoms with Crippen LogP contribution in [0.25, 0.3) is 0 Å².